The van der Waals surface area contributed by atoms with E-state index in [9.17, 15) is 4.79 Å². The maximum atomic E-state index is 12.9. The molecule has 0 N–H and O–H groups in total. The highest BCUT2D eigenvalue weighted by Crippen LogP contribution is 2.30. The predicted octanol–water partition coefficient (Wildman–Crippen LogP) is 5.96. The first kappa shape index (κ1) is 23.2. The number of nitrogens with zero attached hydrogens (tertiary/aromatic N) is 1. The SMILES string of the molecule is CC(CN(C)Cc1ccccc1)OC(=O)c1cc(C(C)(C)C)cc(C(C)(C)C)c1. The second kappa shape index (κ2) is 9.13. The number of esters is 1. The van der Waals surface area contributed by atoms with E-state index in [0.717, 1.165) is 17.7 Å². The number of hydrogen-bond donors (Lipinski definition) is 0. The largest absolute Gasteiger partial charge is 0.458 e. The van der Waals surface area contributed by atoms with Crippen LogP contribution in [-0.4, -0.2) is 30.6 Å². The van der Waals surface area contributed by atoms with Gasteiger partial charge in [0.25, 0.3) is 0 Å². The molecule has 158 valence electrons. The molecule has 2 rings (SSSR count). The lowest BCUT2D eigenvalue weighted by atomic mass is 9.79. The summed E-state index contributed by atoms with van der Waals surface area (Å²) in [5, 5.41) is 0. The number of ether oxygens (including phenoxy) is 1. The lowest BCUT2D eigenvalue weighted by Crippen LogP contribution is -2.30. The molecule has 29 heavy (non-hydrogen) atoms. The second-order valence-electron chi connectivity index (χ2n) is 10.2. The van der Waals surface area contributed by atoms with E-state index in [2.05, 4.69) is 71.7 Å². The average Bonchev–Trinajstić information content (AvgIpc) is 2.60. The standard InChI is InChI=1S/C26H37NO2/c1-19(17-27(8)18-20-12-10-9-11-13-20)29-24(28)21-14-22(25(2,3)4)16-23(15-21)26(5,6)7/h9-16,19H,17-18H2,1-8H3. The number of carbonyl (C=O) groups is 1. The van der Waals surface area contributed by atoms with E-state index in [4.69, 9.17) is 4.74 Å². The van der Waals surface area contributed by atoms with Gasteiger partial charge >= 0.3 is 5.97 Å². The van der Waals surface area contributed by atoms with Crippen molar-refractivity contribution in [1.29, 1.82) is 0 Å². The first-order valence-electron chi connectivity index (χ1n) is 10.5. The fourth-order valence-electron chi connectivity index (χ4n) is 3.30. The van der Waals surface area contributed by atoms with Crippen molar-refractivity contribution >= 4 is 5.97 Å². The van der Waals surface area contributed by atoms with Crippen molar-refractivity contribution in [3.63, 3.8) is 0 Å². The third-order valence-corrected chi connectivity index (χ3v) is 5.07. The van der Waals surface area contributed by atoms with Crippen LogP contribution in [0.15, 0.2) is 48.5 Å². The highest BCUT2D eigenvalue weighted by molar-refractivity contribution is 5.90. The molecule has 2 aromatic rings. The van der Waals surface area contributed by atoms with E-state index >= 15 is 0 Å². The Morgan fingerprint density at radius 1 is 0.931 bits per heavy atom. The van der Waals surface area contributed by atoms with E-state index in [1.54, 1.807) is 0 Å². The van der Waals surface area contributed by atoms with Crippen molar-refractivity contribution in [1.82, 2.24) is 4.90 Å². The summed E-state index contributed by atoms with van der Waals surface area (Å²) in [7, 11) is 2.05. The highest BCUT2D eigenvalue weighted by Gasteiger charge is 2.23. The van der Waals surface area contributed by atoms with Gasteiger partial charge in [-0.25, -0.2) is 4.79 Å². The molecule has 1 unspecified atom stereocenters. The molecule has 0 saturated carbocycles. The highest BCUT2D eigenvalue weighted by atomic mass is 16.5. The van der Waals surface area contributed by atoms with Gasteiger partial charge in [-0.1, -0.05) is 77.9 Å². The molecular formula is C26H37NO2. The molecule has 0 bridgehead atoms. The van der Waals surface area contributed by atoms with Crippen LogP contribution >= 0.6 is 0 Å². The summed E-state index contributed by atoms with van der Waals surface area (Å²) in [4.78, 5) is 15.1. The topological polar surface area (TPSA) is 29.5 Å². The van der Waals surface area contributed by atoms with Crippen LogP contribution in [0.2, 0.25) is 0 Å². The molecule has 0 radical (unpaired) electrons. The Bertz CT molecular complexity index is 781. The van der Waals surface area contributed by atoms with Crippen molar-refractivity contribution in [2.45, 2.75) is 71.9 Å². The number of carbonyl (C=O) groups excluding carboxylic acids is 1. The van der Waals surface area contributed by atoms with Gasteiger partial charge in [0.2, 0.25) is 0 Å². The van der Waals surface area contributed by atoms with Crippen LogP contribution in [0.5, 0.6) is 0 Å². The minimum atomic E-state index is -0.248. The minimum Gasteiger partial charge on any atom is -0.458 e. The van der Waals surface area contributed by atoms with Crippen LogP contribution < -0.4 is 0 Å². The van der Waals surface area contributed by atoms with Crippen molar-refractivity contribution in [3.05, 3.63) is 70.8 Å². The van der Waals surface area contributed by atoms with Gasteiger partial charge in [-0.2, -0.15) is 0 Å². The summed E-state index contributed by atoms with van der Waals surface area (Å²) in [5.41, 5.74) is 4.15. The molecule has 0 aliphatic rings. The zero-order valence-electron chi connectivity index (χ0n) is 19.4. The van der Waals surface area contributed by atoms with E-state index in [0.29, 0.717) is 12.1 Å². The summed E-state index contributed by atoms with van der Waals surface area (Å²) < 4.78 is 5.80. The van der Waals surface area contributed by atoms with Crippen molar-refractivity contribution in [3.8, 4) is 0 Å². The lowest BCUT2D eigenvalue weighted by molar-refractivity contribution is 0.0267. The van der Waals surface area contributed by atoms with Gasteiger partial charge in [0.15, 0.2) is 0 Å². The van der Waals surface area contributed by atoms with Gasteiger partial charge < -0.3 is 4.74 Å². The van der Waals surface area contributed by atoms with Gasteiger partial charge in [0, 0.05) is 13.1 Å². The summed E-state index contributed by atoms with van der Waals surface area (Å²) >= 11 is 0. The molecule has 0 fully saturated rings. The average molecular weight is 396 g/mol. The van der Waals surface area contributed by atoms with Crippen LogP contribution in [0.1, 0.15) is 75.5 Å². The van der Waals surface area contributed by atoms with Crippen LogP contribution in [0.3, 0.4) is 0 Å². The Hall–Kier alpha value is -2.13. The number of rotatable bonds is 6. The Labute approximate surface area is 177 Å². The first-order valence-corrected chi connectivity index (χ1v) is 10.5. The first-order chi connectivity index (χ1) is 13.4. The van der Waals surface area contributed by atoms with Gasteiger partial charge in [-0.15, -0.1) is 0 Å². The van der Waals surface area contributed by atoms with Crippen molar-refractivity contribution in [2.75, 3.05) is 13.6 Å². The Balaban J connectivity index is 2.10. The smallest absolute Gasteiger partial charge is 0.338 e. The summed E-state index contributed by atoms with van der Waals surface area (Å²) in [5.74, 6) is -0.248. The number of likely N-dealkylation sites (N-methyl/N-ethyl adjacent to an activating group) is 1. The molecule has 3 heteroatoms. The second-order valence-corrected chi connectivity index (χ2v) is 10.2. The molecule has 0 saturated heterocycles. The molecule has 0 spiro atoms. The van der Waals surface area contributed by atoms with Crippen LogP contribution in [0.4, 0.5) is 0 Å². The zero-order valence-corrected chi connectivity index (χ0v) is 19.4. The molecule has 0 aliphatic heterocycles. The summed E-state index contributed by atoms with van der Waals surface area (Å²) in [6.45, 7) is 16.5. The number of hydrogen-bond acceptors (Lipinski definition) is 3. The number of benzene rings is 2. The molecule has 2 aromatic carbocycles. The molecule has 3 nitrogen and oxygen atoms in total. The van der Waals surface area contributed by atoms with E-state index in [1.165, 1.54) is 5.56 Å². The maximum Gasteiger partial charge on any atom is 0.338 e. The molecule has 0 aromatic heterocycles. The molecule has 0 amide bonds. The Morgan fingerprint density at radius 3 is 1.93 bits per heavy atom. The monoisotopic (exact) mass is 395 g/mol. The third-order valence-electron chi connectivity index (χ3n) is 5.07. The fraction of sp³-hybridized carbons (Fsp3) is 0.500. The molecular weight excluding hydrogens is 358 g/mol. The molecule has 0 heterocycles. The summed E-state index contributed by atoms with van der Waals surface area (Å²) in [6, 6.07) is 16.5. The van der Waals surface area contributed by atoms with Gasteiger partial charge in [-0.05, 0) is 53.6 Å². The van der Waals surface area contributed by atoms with Crippen LogP contribution in [0, 0.1) is 0 Å². The van der Waals surface area contributed by atoms with E-state index < -0.39 is 0 Å². The van der Waals surface area contributed by atoms with E-state index in [1.807, 2.05) is 37.3 Å². The van der Waals surface area contributed by atoms with Crippen LogP contribution in [0.25, 0.3) is 0 Å². The van der Waals surface area contributed by atoms with Gasteiger partial charge in [0.1, 0.15) is 6.10 Å². The van der Waals surface area contributed by atoms with Gasteiger partial charge in [-0.3, -0.25) is 4.90 Å². The van der Waals surface area contributed by atoms with Gasteiger partial charge in [0.05, 0.1) is 5.56 Å². The Kier molecular flexibility index (Phi) is 7.29. The van der Waals surface area contributed by atoms with Crippen molar-refractivity contribution in [2.24, 2.45) is 0 Å². The fourth-order valence-corrected chi connectivity index (χ4v) is 3.30. The normalized spacial score (nSPS) is 13.4. The molecule has 1 atom stereocenters. The van der Waals surface area contributed by atoms with E-state index in [-0.39, 0.29) is 22.9 Å². The van der Waals surface area contributed by atoms with Crippen LogP contribution in [-0.2, 0) is 22.1 Å². The summed E-state index contributed by atoms with van der Waals surface area (Å²) in [6.07, 6.45) is -0.187. The lowest BCUT2D eigenvalue weighted by Gasteiger charge is -2.26. The third kappa shape index (κ3) is 7.01. The Morgan fingerprint density at radius 2 is 1.45 bits per heavy atom. The predicted molar refractivity (Wildman–Crippen MR) is 121 cm³/mol. The quantitative estimate of drug-likeness (QED) is 0.565. The minimum absolute atomic E-state index is 0.0300. The maximum absolute atomic E-state index is 12.9. The van der Waals surface area contributed by atoms with Crippen molar-refractivity contribution < 1.29 is 9.53 Å². The zero-order chi connectivity index (χ0) is 21.8. The molecule has 0 aliphatic carbocycles.